The third kappa shape index (κ3) is 6.14. The molecule has 0 bridgehead atoms. The summed E-state index contributed by atoms with van der Waals surface area (Å²) < 4.78 is 1.91. The molecule has 0 fully saturated rings. The molecule has 0 aromatic carbocycles. The maximum absolute atomic E-state index is 11.4. The molecule has 1 aromatic heterocycles. The predicted octanol–water partition coefficient (Wildman–Crippen LogP) is 4.68. The van der Waals surface area contributed by atoms with Crippen molar-refractivity contribution in [2.24, 2.45) is 16.1 Å². The number of hydrogen-bond donors (Lipinski definition) is 1. The second-order valence-corrected chi connectivity index (χ2v) is 7.03. The summed E-state index contributed by atoms with van der Waals surface area (Å²) in [6.07, 6.45) is 13.4. The molecule has 0 atom stereocenters. The fourth-order valence-corrected chi connectivity index (χ4v) is 2.55. The van der Waals surface area contributed by atoms with Crippen molar-refractivity contribution in [3.8, 4) is 0 Å². The van der Waals surface area contributed by atoms with Gasteiger partial charge in [0.15, 0.2) is 6.29 Å². The van der Waals surface area contributed by atoms with E-state index in [0.717, 1.165) is 43.4 Å². The van der Waals surface area contributed by atoms with Gasteiger partial charge in [-0.1, -0.05) is 51.5 Å². The van der Waals surface area contributed by atoms with E-state index >= 15 is 0 Å². The van der Waals surface area contributed by atoms with Gasteiger partial charge < -0.3 is 10.3 Å². The maximum Gasteiger partial charge on any atom is 0.223 e. The largest absolute Gasteiger partial charge is 0.369 e. The highest BCUT2D eigenvalue weighted by atomic mass is 16.1. The molecular formula is C21H31N3O2. The Morgan fingerprint density at radius 3 is 2.62 bits per heavy atom. The first kappa shape index (κ1) is 21.6. The van der Waals surface area contributed by atoms with Gasteiger partial charge in [0.2, 0.25) is 5.91 Å². The molecule has 0 aliphatic carbocycles. The molecule has 142 valence electrons. The number of nitrogens with two attached hydrogens (primary N) is 1. The Morgan fingerprint density at radius 2 is 2.04 bits per heavy atom. The molecule has 1 rings (SSSR count). The van der Waals surface area contributed by atoms with Crippen molar-refractivity contribution in [1.29, 1.82) is 0 Å². The normalized spacial score (nSPS) is 12.1. The van der Waals surface area contributed by atoms with Gasteiger partial charge in [0, 0.05) is 17.5 Å². The molecule has 1 aromatic rings. The molecule has 1 heterocycles. The standard InChI is InChI=1S/C21H31N3O2/c1-5-6-9-12-17-15-18(16-25)24(19(17)23-4)14-11-8-7-10-13-21(2,3)20(22)26/h7,9-10,12,15-16H,4-6,8,11,13-14H2,1-3H3,(H2,22,26)/b10-7+,12-9-. The summed E-state index contributed by atoms with van der Waals surface area (Å²) in [5.41, 5.74) is 6.38. The van der Waals surface area contributed by atoms with Gasteiger partial charge in [0.1, 0.15) is 5.82 Å². The van der Waals surface area contributed by atoms with Crippen LogP contribution >= 0.6 is 0 Å². The highest BCUT2D eigenvalue weighted by Gasteiger charge is 2.22. The summed E-state index contributed by atoms with van der Waals surface area (Å²) in [5, 5.41) is 0. The van der Waals surface area contributed by atoms with Crippen LogP contribution in [0.3, 0.4) is 0 Å². The summed E-state index contributed by atoms with van der Waals surface area (Å²) in [4.78, 5) is 26.8. The Hall–Kier alpha value is -2.43. The molecule has 0 aliphatic rings. The quantitative estimate of drug-likeness (QED) is 0.255. The Kier molecular flexibility index (Phi) is 8.76. The van der Waals surface area contributed by atoms with Crippen molar-refractivity contribution in [3.05, 3.63) is 35.6 Å². The van der Waals surface area contributed by atoms with Crippen molar-refractivity contribution in [1.82, 2.24) is 4.57 Å². The lowest BCUT2D eigenvalue weighted by molar-refractivity contribution is -0.125. The van der Waals surface area contributed by atoms with Crippen LogP contribution in [0.1, 0.15) is 68.9 Å². The molecule has 0 spiro atoms. The summed E-state index contributed by atoms with van der Waals surface area (Å²) in [6, 6.07) is 1.86. The predicted molar refractivity (Wildman–Crippen MR) is 109 cm³/mol. The first-order chi connectivity index (χ1) is 12.4. The lowest BCUT2D eigenvalue weighted by Crippen LogP contribution is -2.30. The molecule has 5 nitrogen and oxygen atoms in total. The maximum atomic E-state index is 11.4. The average Bonchev–Trinajstić information content (AvgIpc) is 2.94. The first-order valence-electron chi connectivity index (χ1n) is 9.14. The van der Waals surface area contributed by atoms with Crippen LogP contribution in [0.4, 0.5) is 5.82 Å². The van der Waals surface area contributed by atoms with Crippen LogP contribution in [-0.4, -0.2) is 23.5 Å². The van der Waals surface area contributed by atoms with Gasteiger partial charge in [0.25, 0.3) is 0 Å². The Morgan fingerprint density at radius 1 is 1.31 bits per heavy atom. The van der Waals surface area contributed by atoms with Crippen molar-refractivity contribution in [2.75, 3.05) is 0 Å². The van der Waals surface area contributed by atoms with Crippen molar-refractivity contribution < 1.29 is 9.59 Å². The Bertz CT molecular complexity index is 682. The minimum absolute atomic E-state index is 0.296. The summed E-state index contributed by atoms with van der Waals surface area (Å²) in [7, 11) is 0. The summed E-state index contributed by atoms with van der Waals surface area (Å²) in [6.45, 7) is 10.1. The first-order valence-corrected chi connectivity index (χ1v) is 9.14. The van der Waals surface area contributed by atoms with Crippen LogP contribution in [-0.2, 0) is 11.3 Å². The number of primary amides is 1. The average molecular weight is 357 g/mol. The molecule has 2 N–H and O–H groups in total. The van der Waals surface area contributed by atoms with Gasteiger partial charge in [-0.2, -0.15) is 0 Å². The van der Waals surface area contributed by atoms with Crippen molar-refractivity contribution in [3.63, 3.8) is 0 Å². The summed E-state index contributed by atoms with van der Waals surface area (Å²) >= 11 is 0. The number of rotatable bonds is 12. The molecule has 0 radical (unpaired) electrons. The van der Waals surface area contributed by atoms with E-state index in [-0.39, 0.29) is 5.91 Å². The van der Waals surface area contributed by atoms with Crippen LogP contribution < -0.4 is 5.73 Å². The number of carbonyl (C=O) groups excluding carboxylic acids is 2. The molecule has 0 saturated carbocycles. The third-order valence-corrected chi connectivity index (χ3v) is 4.37. The monoisotopic (exact) mass is 357 g/mol. The topological polar surface area (TPSA) is 77.4 Å². The number of allylic oxidation sites excluding steroid dienone is 3. The van der Waals surface area contributed by atoms with Crippen LogP contribution in [0.5, 0.6) is 0 Å². The fourth-order valence-electron chi connectivity index (χ4n) is 2.55. The molecule has 0 aliphatic heterocycles. The molecule has 5 heteroatoms. The fraction of sp³-hybridized carbons (Fsp3) is 0.476. The molecule has 26 heavy (non-hydrogen) atoms. The highest BCUT2D eigenvalue weighted by molar-refractivity contribution is 5.80. The Labute approximate surface area is 156 Å². The van der Waals surface area contributed by atoms with Crippen LogP contribution in [0.15, 0.2) is 29.3 Å². The molecule has 0 saturated heterocycles. The highest BCUT2D eigenvalue weighted by Crippen LogP contribution is 2.26. The van der Waals surface area contributed by atoms with Gasteiger partial charge in [0.05, 0.1) is 5.69 Å². The number of hydrogen-bond acceptors (Lipinski definition) is 3. The van der Waals surface area contributed by atoms with E-state index in [1.54, 1.807) is 0 Å². The van der Waals surface area contributed by atoms with E-state index in [0.29, 0.717) is 18.7 Å². The second-order valence-electron chi connectivity index (χ2n) is 7.03. The minimum Gasteiger partial charge on any atom is -0.369 e. The number of nitrogens with zero attached hydrogens (tertiary/aromatic N) is 2. The molecule has 0 unspecified atom stereocenters. The minimum atomic E-state index is -0.527. The zero-order chi connectivity index (χ0) is 19.6. The third-order valence-electron chi connectivity index (χ3n) is 4.37. The van der Waals surface area contributed by atoms with E-state index in [1.807, 2.05) is 36.6 Å². The van der Waals surface area contributed by atoms with E-state index in [9.17, 15) is 9.59 Å². The number of carbonyl (C=O) groups is 2. The van der Waals surface area contributed by atoms with Gasteiger partial charge in [-0.15, -0.1) is 0 Å². The smallest absolute Gasteiger partial charge is 0.223 e. The van der Waals surface area contributed by atoms with Crippen LogP contribution in [0.25, 0.3) is 6.08 Å². The number of aliphatic imine (C=N–C) groups is 1. The van der Waals surface area contributed by atoms with Crippen molar-refractivity contribution >= 4 is 30.8 Å². The van der Waals surface area contributed by atoms with E-state index < -0.39 is 5.41 Å². The SMILES string of the molecule is C=Nc1c(/C=C\CCC)cc(C=O)n1CCC/C=C/CC(C)(C)C(N)=O. The lowest BCUT2D eigenvalue weighted by Gasteiger charge is -2.17. The Balaban J connectivity index is 2.70. The number of amides is 1. The number of aldehydes is 1. The molecular weight excluding hydrogens is 326 g/mol. The van der Waals surface area contributed by atoms with Crippen molar-refractivity contribution in [2.45, 2.75) is 59.4 Å². The lowest BCUT2D eigenvalue weighted by atomic mass is 9.88. The van der Waals surface area contributed by atoms with E-state index in [4.69, 9.17) is 5.73 Å². The van der Waals surface area contributed by atoms with E-state index in [2.05, 4.69) is 30.8 Å². The number of aromatic nitrogens is 1. The van der Waals surface area contributed by atoms with Gasteiger partial charge >= 0.3 is 0 Å². The molecule has 1 amide bonds. The van der Waals surface area contributed by atoms with E-state index in [1.165, 1.54) is 0 Å². The number of unbranched alkanes of at least 4 members (excludes halogenated alkanes) is 2. The zero-order valence-electron chi connectivity index (χ0n) is 16.2. The van der Waals surface area contributed by atoms with Gasteiger partial charge in [-0.05, 0) is 38.5 Å². The second kappa shape index (κ2) is 10.5. The van der Waals surface area contributed by atoms with Crippen LogP contribution in [0, 0.1) is 5.41 Å². The van der Waals surface area contributed by atoms with Gasteiger partial charge in [-0.3, -0.25) is 9.59 Å². The van der Waals surface area contributed by atoms with Gasteiger partial charge in [-0.25, -0.2) is 4.99 Å². The van der Waals surface area contributed by atoms with Crippen LogP contribution in [0.2, 0.25) is 0 Å². The summed E-state index contributed by atoms with van der Waals surface area (Å²) in [5.74, 6) is 0.439. The zero-order valence-corrected chi connectivity index (χ0v) is 16.2.